The number of hydrogen-bond acceptors (Lipinski definition) is 3. The predicted octanol–water partition coefficient (Wildman–Crippen LogP) is 3.59. The Morgan fingerprint density at radius 2 is 1.95 bits per heavy atom. The molecule has 0 saturated heterocycles. The number of ether oxygens (including phenoxy) is 1. The highest BCUT2D eigenvalue weighted by Gasteiger charge is 2.08. The summed E-state index contributed by atoms with van der Waals surface area (Å²) in [7, 11) is 0. The summed E-state index contributed by atoms with van der Waals surface area (Å²) in [6, 6.07) is 12.7. The summed E-state index contributed by atoms with van der Waals surface area (Å²) in [5.74, 6) is 1.15. The number of para-hydroxylation sites is 1. The molecule has 0 spiro atoms. The van der Waals surface area contributed by atoms with Gasteiger partial charge in [0.1, 0.15) is 11.5 Å². The summed E-state index contributed by atoms with van der Waals surface area (Å²) in [6.07, 6.45) is 1.27. The molecule has 2 aromatic carbocycles. The summed E-state index contributed by atoms with van der Waals surface area (Å²) in [4.78, 5) is 11.0. The zero-order chi connectivity index (χ0) is 13.7. The number of benzene rings is 2. The number of rotatable bonds is 5. The Hall–Kier alpha value is -1.65. The molecule has 0 radical (unpaired) electrons. The zero-order valence-corrected chi connectivity index (χ0v) is 11.8. The lowest BCUT2D eigenvalue weighted by Crippen LogP contribution is -1.97. The van der Waals surface area contributed by atoms with Crippen molar-refractivity contribution in [1.82, 2.24) is 0 Å². The Kier molecular flexibility index (Phi) is 4.71. The number of aliphatic hydroxyl groups excluding tert-OH is 1. The largest absolute Gasteiger partial charge is 0.456 e. The van der Waals surface area contributed by atoms with E-state index >= 15 is 0 Å². The Morgan fingerprint density at radius 1 is 1.16 bits per heavy atom. The second kappa shape index (κ2) is 6.50. The van der Waals surface area contributed by atoms with Crippen LogP contribution in [0.25, 0.3) is 0 Å². The van der Waals surface area contributed by atoms with Crippen LogP contribution >= 0.6 is 15.9 Å². The van der Waals surface area contributed by atoms with Crippen molar-refractivity contribution < 1.29 is 14.6 Å². The topological polar surface area (TPSA) is 46.5 Å². The van der Waals surface area contributed by atoms with E-state index in [1.165, 1.54) is 0 Å². The monoisotopic (exact) mass is 320 g/mol. The van der Waals surface area contributed by atoms with E-state index in [0.29, 0.717) is 23.5 Å². The fourth-order valence-corrected chi connectivity index (χ4v) is 2.08. The van der Waals surface area contributed by atoms with Crippen molar-refractivity contribution in [2.45, 2.75) is 6.42 Å². The lowest BCUT2D eigenvalue weighted by atomic mass is 10.1. The highest BCUT2D eigenvalue weighted by Crippen LogP contribution is 2.30. The lowest BCUT2D eigenvalue weighted by Gasteiger charge is -2.12. The van der Waals surface area contributed by atoms with E-state index < -0.39 is 0 Å². The van der Waals surface area contributed by atoms with E-state index in [0.717, 1.165) is 16.3 Å². The minimum absolute atomic E-state index is 0.0550. The molecular weight excluding hydrogens is 308 g/mol. The van der Waals surface area contributed by atoms with Crippen LogP contribution in [0.15, 0.2) is 46.9 Å². The molecule has 0 aliphatic heterocycles. The predicted molar refractivity (Wildman–Crippen MR) is 76.8 cm³/mol. The van der Waals surface area contributed by atoms with Gasteiger partial charge >= 0.3 is 0 Å². The summed E-state index contributed by atoms with van der Waals surface area (Å²) in [6.45, 7) is 0.0550. The van der Waals surface area contributed by atoms with Gasteiger partial charge in [0.25, 0.3) is 0 Å². The highest BCUT2D eigenvalue weighted by molar-refractivity contribution is 9.10. The van der Waals surface area contributed by atoms with Gasteiger partial charge < -0.3 is 9.84 Å². The number of carbonyl (C=O) groups is 1. The number of halogens is 1. The Balaban J connectivity index is 2.35. The van der Waals surface area contributed by atoms with Crippen LogP contribution in [-0.2, 0) is 6.42 Å². The second-order valence-electron chi connectivity index (χ2n) is 3.98. The smallest absolute Gasteiger partial charge is 0.153 e. The van der Waals surface area contributed by atoms with E-state index in [-0.39, 0.29) is 6.61 Å². The molecular formula is C15H13BrO3. The molecule has 0 amide bonds. The molecule has 0 saturated carbocycles. The standard InChI is InChI=1S/C15H13BrO3/c16-13-6-5-12(10-18)15(9-13)19-14-4-2-1-3-11(14)7-8-17/h1-6,9-10,17H,7-8H2. The molecule has 2 rings (SSSR count). The molecule has 0 heterocycles. The molecule has 0 aliphatic rings. The first kappa shape index (κ1) is 13.8. The maximum atomic E-state index is 11.0. The Labute approximate surface area is 120 Å². The van der Waals surface area contributed by atoms with Crippen LogP contribution in [0.2, 0.25) is 0 Å². The molecule has 2 aromatic rings. The quantitative estimate of drug-likeness (QED) is 0.856. The molecule has 1 N–H and O–H groups in total. The van der Waals surface area contributed by atoms with Crippen LogP contribution in [0.4, 0.5) is 0 Å². The van der Waals surface area contributed by atoms with Crippen molar-refractivity contribution in [2.24, 2.45) is 0 Å². The first-order chi connectivity index (χ1) is 9.24. The summed E-state index contributed by atoms with van der Waals surface area (Å²) in [5, 5.41) is 9.04. The van der Waals surface area contributed by atoms with Crippen LogP contribution in [0.1, 0.15) is 15.9 Å². The third-order valence-corrected chi connectivity index (χ3v) is 3.17. The number of hydrogen-bond donors (Lipinski definition) is 1. The van der Waals surface area contributed by atoms with E-state index in [9.17, 15) is 4.79 Å². The first-order valence-electron chi connectivity index (χ1n) is 5.86. The van der Waals surface area contributed by atoms with Crippen LogP contribution in [0.5, 0.6) is 11.5 Å². The molecule has 0 unspecified atom stereocenters. The summed E-state index contributed by atoms with van der Waals surface area (Å²) < 4.78 is 6.63. The van der Waals surface area contributed by atoms with Crippen molar-refractivity contribution in [1.29, 1.82) is 0 Å². The van der Waals surface area contributed by atoms with Gasteiger partial charge in [-0.25, -0.2) is 0 Å². The normalized spacial score (nSPS) is 10.2. The minimum atomic E-state index is 0.0550. The maximum Gasteiger partial charge on any atom is 0.153 e. The maximum absolute atomic E-state index is 11.0. The van der Waals surface area contributed by atoms with Crippen LogP contribution < -0.4 is 4.74 Å². The summed E-state index contributed by atoms with van der Waals surface area (Å²) in [5.41, 5.74) is 1.39. The molecule has 19 heavy (non-hydrogen) atoms. The van der Waals surface area contributed by atoms with Gasteiger partial charge in [0, 0.05) is 11.1 Å². The molecule has 98 valence electrons. The van der Waals surface area contributed by atoms with Crippen LogP contribution in [0, 0.1) is 0 Å². The molecule has 3 nitrogen and oxygen atoms in total. The average Bonchev–Trinajstić information content (AvgIpc) is 2.42. The molecule has 0 bridgehead atoms. The van der Waals surface area contributed by atoms with Crippen molar-refractivity contribution >= 4 is 22.2 Å². The SMILES string of the molecule is O=Cc1ccc(Br)cc1Oc1ccccc1CCO. The number of aldehydes is 1. The van der Waals surface area contributed by atoms with E-state index in [1.807, 2.05) is 24.3 Å². The van der Waals surface area contributed by atoms with Crippen LogP contribution in [-0.4, -0.2) is 18.0 Å². The van der Waals surface area contributed by atoms with E-state index in [1.54, 1.807) is 18.2 Å². The fourth-order valence-electron chi connectivity index (χ4n) is 1.74. The van der Waals surface area contributed by atoms with Gasteiger partial charge in [0.15, 0.2) is 6.29 Å². The van der Waals surface area contributed by atoms with Crippen molar-refractivity contribution in [2.75, 3.05) is 6.61 Å². The van der Waals surface area contributed by atoms with E-state index in [2.05, 4.69) is 15.9 Å². The molecule has 0 aliphatic carbocycles. The molecule has 0 aromatic heterocycles. The van der Waals surface area contributed by atoms with Gasteiger partial charge in [-0.1, -0.05) is 34.1 Å². The van der Waals surface area contributed by atoms with Gasteiger partial charge in [-0.15, -0.1) is 0 Å². The van der Waals surface area contributed by atoms with Crippen molar-refractivity contribution in [3.63, 3.8) is 0 Å². The zero-order valence-electron chi connectivity index (χ0n) is 10.2. The molecule has 4 heteroatoms. The molecule has 0 fully saturated rings. The third-order valence-electron chi connectivity index (χ3n) is 2.68. The Bertz CT molecular complexity index is 581. The first-order valence-corrected chi connectivity index (χ1v) is 6.65. The van der Waals surface area contributed by atoms with Gasteiger partial charge in [-0.3, -0.25) is 4.79 Å². The summed E-state index contributed by atoms with van der Waals surface area (Å²) >= 11 is 3.35. The van der Waals surface area contributed by atoms with E-state index in [4.69, 9.17) is 9.84 Å². The van der Waals surface area contributed by atoms with Crippen LogP contribution in [0.3, 0.4) is 0 Å². The van der Waals surface area contributed by atoms with Crippen molar-refractivity contribution in [3.05, 3.63) is 58.1 Å². The number of aliphatic hydroxyl groups is 1. The average molecular weight is 321 g/mol. The minimum Gasteiger partial charge on any atom is -0.456 e. The van der Waals surface area contributed by atoms with Gasteiger partial charge in [0.2, 0.25) is 0 Å². The number of carbonyl (C=O) groups excluding carboxylic acids is 1. The van der Waals surface area contributed by atoms with Gasteiger partial charge in [-0.05, 0) is 36.2 Å². The third kappa shape index (κ3) is 3.43. The Morgan fingerprint density at radius 3 is 2.68 bits per heavy atom. The molecule has 0 atom stereocenters. The lowest BCUT2D eigenvalue weighted by molar-refractivity contribution is 0.112. The van der Waals surface area contributed by atoms with Crippen molar-refractivity contribution in [3.8, 4) is 11.5 Å². The van der Waals surface area contributed by atoms with Gasteiger partial charge in [0.05, 0.1) is 5.56 Å². The van der Waals surface area contributed by atoms with Gasteiger partial charge in [-0.2, -0.15) is 0 Å². The fraction of sp³-hybridized carbons (Fsp3) is 0.133. The second-order valence-corrected chi connectivity index (χ2v) is 4.90. The highest BCUT2D eigenvalue weighted by atomic mass is 79.9.